The number of sulfonamides is 1. The largest absolute Gasteiger partial charge is 0.392 e. The molecule has 0 aromatic carbocycles. The molecule has 3 heterocycles. The molecule has 114 valence electrons. The number of β-amino-alcohol motifs (C(OH)–C–C–N with tert-alkyl or cyclic N) is 1. The first kappa shape index (κ1) is 14.7. The minimum Gasteiger partial charge on any atom is -0.392 e. The van der Waals surface area contributed by atoms with Gasteiger partial charge in [0.15, 0.2) is 15.1 Å². The normalized spacial score (nSPS) is 23.9. The Hall–Kier alpha value is -1.20. The molecule has 0 spiro atoms. The van der Waals surface area contributed by atoms with Gasteiger partial charge < -0.3 is 10.8 Å². The average Bonchev–Trinajstić information content (AvgIpc) is 3.02. The third-order valence-electron chi connectivity index (χ3n) is 3.29. The van der Waals surface area contributed by atoms with E-state index < -0.39 is 28.1 Å². The molecule has 0 aliphatic carbocycles. The summed E-state index contributed by atoms with van der Waals surface area (Å²) in [5, 5.41) is 10.9. The second-order valence-corrected chi connectivity index (χ2v) is 7.68. The van der Waals surface area contributed by atoms with Gasteiger partial charge in [-0.3, -0.25) is 9.20 Å². The number of imidazole rings is 1. The van der Waals surface area contributed by atoms with Crippen molar-refractivity contribution in [2.45, 2.75) is 23.6 Å². The number of halogens is 1. The quantitative estimate of drug-likeness (QED) is 0.785. The molecule has 2 aromatic heterocycles. The van der Waals surface area contributed by atoms with Crippen LogP contribution in [0.3, 0.4) is 0 Å². The van der Waals surface area contributed by atoms with Crippen LogP contribution in [0.4, 0.5) is 0 Å². The van der Waals surface area contributed by atoms with Gasteiger partial charge in [0.2, 0.25) is 5.91 Å². The van der Waals surface area contributed by atoms with Crippen molar-refractivity contribution in [1.82, 2.24) is 13.7 Å². The van der Waals surface area contributed by atoms with Gasteiger partial charge in [0.25, 0.3) is 10.0 Å². The van der Waals surface area contributed by atoms with Crippen LogP contribution in [0.1, 0.15) is 6.42 Å². The summed E-state index contributed by atoms with van der Waals surface area (Å²) in [5.41, 5.74) is 5.22. The summed E-state index contributed by atoms with van der Waals surface area (Å²) in [6, 6.07) is -1.09. The molecule has 3 N–H and O–H groups in total. The van der Waals surface area contributed by atoms with Crippen LogP contribution < -0.4 is 5.73 Å². The number of rotatable bonds is 3. The SMILES string of the molecule is NC(=O)C1CC(O)CN1S(=O)(=O)c1c(Cl)nc2sccn12. The smallest absolute Gasteiger partial charge is 0.263 e. The summed E-state index contributed by atoms with van der Waals surface area (Å²) < 4.78 is 27.7. The highest BCUT2D eigenvalue weighted by atomic mass is 35.5. The lowest BCUT2D eigenvalue weighted by atomic mass is 10.2. The molecule has 1 fully saturated rings. The van der Waals surface area contributed by atoms with Crippen molar-refractivity contribution in [3.05, 3.63) is 16.7 Å². The zero-order valence-electron chi connectivity index (χ0n) is 10.5. The third kappa shape index (κ3) is 2.23. The lowest BCUT2D eigenvalue weighted by Gasteiger charge is -2.20. The van der Waals surface area contributed by atoms with E-state index in [1.165, 1.54) is 21.9 Å². The highest BCUT2D eigenvalue weighted by Crippen LogP contribution is 2.32. The number of fused-ring (bicyclic) bond motifs is 1. The first-order chi connectivity index (χ1) is 9.82. The van der Waals surface area contributed by atoms with Gasteiger partial charge in [-0.15, -0.1) is 11.3 Å². The topological polar surface area (TPSA) is 118 Å². The number of aliphatic hydroxyl groups is 1. The van der Waals surface area contributed by atoms with Gasteiger partial charge >= 0.3 is 0 Å². The highest BCUT2D eigenvalue weighted by molar-refractivity contribution is 7.89. The molecule has 2 aromatic rings. The van der Waals surface area contributed by atoms with Crippen LogP contribution in [0.25, 0.3) is 4.96 Å². The van der Waals surface area contributed by atoms with E-state index in [4.69, 9.17) is 17.3 Å². The van der Waals surface area contributed by atoms with Gasteiger partial charge in [0, 0.05) is 24.5 Å². The Balaban J connectivity index is 2.14. The van der Waals surface area contributed by atoms with Crippen molar-refractivity contribution >= 4 is 43.8 Å². The molecule has 0 bridgehead atoms. The second kappa shape index (κ2) is 4.92. The van der Waals surface area contributed by atoms with E-state index >= 15 is 0 Å². The van der Waals surface area contributed by atoms with Gasteiger partial charge in [-0.2, -0.15) is 4.31 Å². The van der Waals surface area contributed by atoms with E-state index in [-0.39, 0.29) is 23.1 Å². The maximum atomic E-state index is 12.8. The first-order valence-corrected chi connectivity index (χ1v) is 8.62. The predicted molar refractivity (Wildman–Crippen MR) is 75.6 cm³/mol. The molecule has 0 saturated carbocycles. The van der Waals surface area contributed by atoms with Crippen LogP contribution in [0, 0.1) is 0 Å². The van der Waals surface area contributed by atoms with Crippen molar-refractivity contribution in [3.8, 4) is 0 Å². The fraction of sp³-hybridized carbons (Fsp3) is 0.400. The highest BCUT2D eigenvalue weighted by Gasteiger charge is 2.44. The van der Waals surface area contributed by atoms with Gasteiger partial charge in [-0.25, -0.2) is 13.4 Å². The van der Waals surface area contributed by atoms with Gasteiger partial charge in [-0.05, 0) is 0 Å². The van der Waals surface area contributed by atoms with Crippen LogP contribution in [-0.4, -0.2) is 51.8 Å². The Bertz CT molecular complexity index is 814. The average molecular weight is 351 g/mol. The maximum Gasteiger partial charge on any atom is 0.263 e. The second-order valence-electron chi connectivity index (χ2n) is 4.65. The molecule has 11 heteroatoms. The van der Waals surface area contributed by atoms with Crippen LogP contribution >= 0.6 is 22.9 Å². The maximum absolute atomic E-state index is 12.8. The lowest BCUT2D eigenvalue weighted by Crippen LogP contribution is -2.44. The number of aliphatic hydroxyl groups excluding tert-OH is 1. The summed E-state index contributed by atoms with van der Waals surface area (Å²) in [5.74, 6) is -0.808. The summed E-state index contributed by atoms with van der Waals surface area (Å²) in [7, 11) is -4.10. The van der Waals surface area contributed by atoms with Crippen LogP contribution in [0.5, 0.6) is 0 Å². The van der Waals surface area contributed by atoms with E-state index in [1.54, 1.807) is 5.38 Å². The van der Waals surface area contributed by atoms with Crippen LogP contribution in [0.15, 0.2) is 16.6 Å². The number of hydrogen-bond donors (Lipinski definition) is 2. The fourth-order valence-corrected chi connectivity index (χ4v) is 5.44. The molecule has 0 radical (unpaired) electrons. The number of nitrogens with two attached hydrogens (primary N) is 1. The first-order valence-electron chi connectivity index (χ1n) is 5.92. The Morgan fingerprint density at radius 2 is 2.29 bits per heavy atom. The molecule has 1 aliphatic heterocycles. The predicted octanol–water partition coefficient (Wildman–Crippen LogP) is -0.342. The zero-order chi connectivity index (χ0) is 15.4. The van der Waals surface area contributed by atoms with Gasteiger partial charge in [0.1, 0.15) is 6.04 Å². The fourth-order valence-electron chi connectivity index (χ4n) is 2.39. The minimum absolute atomic E-state index is 0.0300. The number of amides is 1. The Labute approximate surface area is 128 Å². The third-order valence-corrected chi connectivity index (χ3v) is 6.33. The molecular formula is C10H11ClN4O4S2. The number of primary amides is 1. The van der Waals surface area contributed by atoms with Crippen molar-refractivity contribution in [1.29, 1.82) is 0 Å². The number of nitrogens with zero attached hydrogens (tertiary/aromatic N) is 3. The minimum atomic E-state index is -4.10. The number of hydrogen-bond acceptors (Lipinski definition) is 6. The number of carbonyl (C=O) groups excluding carboxylic acids is 1. The summed E-state index contributed by atoms with van der Waals surface area (Å²) in [6.45, 7) is -0.205. The summed E-state index contributed by atoms with van der Waals surface area (Å²) in [4.78, 5) is 15.8. The Morgan fingerprint density at radius 1 is 1.57 bits per heavy atom. The van der Waals surface area contributed by atoms with Gasteiger partial charge in [-0.1, -0.05) is 11.6 Å². The standard InChI is InChI=1S/C10H11ClN4O4S2/c11-7-9(14-1-2-20-10(14)13-7)21(18,19)15-4-5(16)3-6(15)8(12)17/h1-2,5-6,16H,3-4H2,(H2,12,17). The molecule has 3 rings (SSSR count). The van der Waals surface area contributed by atoms with Crippen molar-refractivity contribution < 1.29 is 18.3 Å². The zero-order valence-corrected chi connectivity index (χ0v) is 12.9. The number of carbonyl (C=O) groups is 1. The van der Waals surface area contributed by atoms with Crippen LogP contribution in [0.2, 0.25) is 5.15 Å². The van der Waals surface area contributed by atoms with E-state index in [0.717, 1.165) is 4.31 Å². The van der Waals surface area contributed by atoms with Crippen molar-refractivity contribution in [2.24, 2.45) is 5.73 Å². The lowest BCUT2D eigenvalue weighted by molar-refractivity contribution is -0.121. The van der Waals surface area contributed by atoms with E-state index in [2.05, 4.69) is 4.98 Å². The molecule has 8 nitrogen and oxygen atoms in total. The summed E-state index contributed by atoms with van der Waals surface area (Å²) in [6.07, 6.45) is 0.553. The Kier molecular flexibility index (Phi) is 3.45. The van der Waals surface area contributed by atoms with E-state index in [0.29, 0.717) is 4.96 Å². The summed E-state index contributed by atoms with van der Waals surface area (Å²) >= 11 is 7.16. The van der Waals surface area contributed by atoms with Crippen molar-refractivity contribution in [2.75, 3.05) is 6.54 Å². The van der Waals surface area contributed by atoms with Crippen molar-refractivity contribution in [3.63, 3.8) is 0 Å². The van der Waals surface area contributed by atoms with E-state index in [1.807, 2.05) is 0 Å². The molecular weight excluding hydrogens is 340 g/mol. The molecule has 2 atom stereocenters. The van der Waals surface area contributed by atoms with E-state index in [9.17, 15) is 18.3 Å². The number of thiazole rings is 1. The molecule has 21 heavy (non-hydrogen) atoms. The molecule has 2 unspecified atom stereocenters. The number of aromatic nitrogens is 2. The molecule has 1 saturated heterocycles. The van der Waals surface area contributed by atoms with Crippen LogP contribution in [-0.2, 0) is 14.8 Å². The molecule has 1 aliphatic rings. The monoisotopic (exact) mass is 350 g/mol. The van der Waals surface area contributed by atoms with Gasteiger partial charge in [0.05, 0.1) is 6.10 Å². The Morgan fingerprint density at radius 3 is 2.95 bits per heavy atom. The molecule has 1 amide bonds.